The van der Waals surface area contributed by atoms with E-state index < -0.39 is 0 Å². The zero-order valence-electron chi connectivity index (χ0n) is 13.8. The molecule has 3 aromatic rings. The summed E-state index contributed by atoms with van der Waals surface area (Å²) in [4.78, 5) is 3.36. The minimum Gasteiger partial charge on any atom is -0.238 e. The highest BCUT2D eigenvalue weighted by Gasteiger charge is 1.92. The molecule has 0 aliphatic carbocycles. The second kappa shape index (κ2) is 8.04. The molecule has 0 aliphatic heterocycles. The maximum Gasteiger partial charge on any atom is 0.187 e. The Morgan fingerprint density at radius 2 is 0.846 bits per heavy atom. The van der Waals surface area contributed by atoms with Crippen molar-refractivity contribution in [3.05, 3.63) is 112 Å². The molecule has 0 radical (unpaired) electrons. The summed E-state index contributed by atoms with van der Waals surface area (Å²) in [5.74, 6) is 12.4. The number of nitriles is 1. The number of hydrogen-bond donors (Lipinski definition) is 0. The average Bonchev–Trinajstić information content (AvgIpc) is 2.72. The third kappa shape index (κ3) is 4.40. The fraction of sp³-hybridized carbons (Fsp3) is 0. The molecule has 3 aromatic carbocycles. The molecule has 0 unspecified atom stereocenters. The topological polar surface area (TPSA) is 28.1 Å². The monoisotopic (exact) mass is 328 g/mol. The van der Waals surface area contributed by atoms with Crippen LogP contribution in [0.15, 0.2) is 72.8 Å². The van der Waals surface area contributed by atoms with Crippen LogP contribution < -0.4 is 0 Å². The Balaban J connectivity index is 1.71. The molecule has 0 N–H and O–H groups in total. The summed E-state index contributed by atoms with van der Waals surface area (Å²) in [6.07, 6.45) is 0. The first kappa shape index (κ1) is 16.6. The normalized spacial score (nSPS) is 8.85. The molecule has 0 bridgehead atoms. The summed E-state index contributed by atoms with van der Waals surface area (Å²) >= 11 is 0. The van der Waals surface area contributed by atoms with Crippen LogP contribution in [-0.2, 0) is 0 Å². The van der Waals surface area contributed by atoms with E-state index in [-0.39, 0.29) is 0 Å². The van der Waals surface area contributed by atoms with Crippen LogP contribution in [0.2, 0.25) is 0 Å². The van der Waals surface area contributed by atoms with Crippen LogP contribution in [0.5, 0.6) is 0 Å². The summed E-state index contributed by atoms with van der Waals surface area (Å²) < 4.78 is 0. The van der Waals surface area contributed by atoms with Crippen LogP contribution >= 0.6 is 0 Å². The van der Waals surface area contributed by atoms with Crippen molar-refractivity contribution in [1.29, 1.82) is 5.26 Å². The molecule has 0 heterocycles. The Labute approximate surface area is 153 Å². The van der Waals surface area contributed by atoms with E-state index in [1.54, 1.807) is 24.3 Å². The van der Waals surface area contributed by atoms with Gasteiger partial charge in [-0.15, -0.1) is 0 Å². The van der Waals surface area contributed by atoms with Gasteiger partial charge >= 0.3 is 0 Å². The summed E-state index contributed by atoms with van der Waals surface area (Å²) in [5, 5.41) is 8.79. The zero-order valence-corrected chi connectivity index (χ0v) is 13.8. The molecular formula is C24H12N2. The lowest BCUT2D eigenvalue weighted by Gasteiger charge is -1.93. The molecule has 0 amide bonds. The predicted molar refractivity (Wildman–Crippen MR) is 102 cm³/mol. The molecule has 118 valence electrons. The second-order valence-corrected chi connectivity index (χ2v) is 5.43. The van der Waals surface area contributed by atoms with Crippen molar-refractivity contribution >= 4 is 5.69 Å². The molecule has 0 aromatic heterocycles. The fourth-order valence-corrected chi connectivity index (χ4v) is 2.17. The number of rotatable bonds is 0. The molecule has 2 nitrogen and oxygen atoms in total. The Morgan fingerprint density at radius 3 is 1.15 bits per heavy atom. The molecular weight excluding hydrogens is 316 g/mol. The van der Waals surface area contributed by atoms with Crippen molar-refractivity contribution in [2.24, 2.45) is 0 Å². The van der Waals surface area contributed by atoms with E-state index in [4.69, 9.17) is 11.8 Å². The van der Waals surface area contributed by atoms with E-state index in [0.717, 1.165) is 22.3 Å². The van der Waals surface area contributed by atoms with Crippen LogP contribution in [-0.4, -0.2) is 0 Å². The quantitative estimate of drug-likeness (QED) is 0.426. The first-order chi connectivity index (χ1) is 12.8. The Bertz CT molecular complexity index is 1020. The van der Waals surface area contributed by atoms with Crippen LogP contribution in [0.4, 0.5) is 5.69 Å². The molecule has 0 saturated heterocycles. The average molecular weight is 328 g/mol. The van der Waals surface area contributed by atoms with Gasteiger partial charge in [0.15, 0.2) is 5.69 Å². The predicted octanol–water partition coefficient (Wildman–Crippen LogP) is 4.91. The molecule has 0 saturated carbocycles. The highest BCUT2D eigenvalue weighted by molar-refractivity contribution is 5.51. The molecule has 0 aliphatic rings. The number of benzene rings is 3. The smallest absolute Gasteiger partial charge is 0.187 e. The van der Waals surface area contributed by atoms with Crippen molar-refractivity contribution < 1.29 is 0 Å². The lowest BCUT2D eigenvalue weighted by Crippen LogP contribution is -1.79. The van der Waals surface area contributed by atoms with Gasteiger partial charge in [-0.2, -0.15) is 5.26 Å². The van der Waals surface area contributed by atoms with E-state index in [1.165, 1.54) is 0 Å². The maximum atomic E-state index is 8.79. The fourth-order valence-electron chi connectivity index (χ4n) is 2.17. The lowest BCUT2D eigenvalue weighted by atomic mass is 10.1. The number of hydrogen-bond acceptors (Lipinski definition) is 1. The summed E-state index contributed by atoms with van der Waals surface area (Å²) in [7, 11) is 0. The van der Waals surface area contributed by atoms with Gasteiger partial charge in [-0.3, -0.25) is 0 Å². The molecule has 26 heavy (non-hydrogen) atoms. The van der Waals surface area contributed by atoms with Gasteiger partial charge in [0, 0.05) is 22.3 Å². The molecule has 0 atom stereocenters. The third-order valence-electron chi connectivity index (χ3n) is 3.60. The van der Waals surface area contributed by atoms with Gasteiger partial charge < -0.3 is 0 Å². The number of nitrogens with zero attached hydrogens (tertiary/aromatic N) is 2. The Morgan fingerprint density at radius 1 is 0.538 bits per heavy atom. The third-order valence-corrected chi connectivity index (χ3v) is 3.60. The van der Waals surface area contributed by atoms with Crippen molar-refractivity contribution in [3.63, 3.8) is 0 Å². The molecule has 3 rings (SSSR count). The van der Waals surface area contributed by atoms with Crippen molar-refractivity contribution in [2.45, 2.75) is 0 Å². The summed E-state index contributed by atoms with van der Waals surface area (Å²) in [6, 6.07) is 24.2. The van der Waals surface area contributed by atoms with Crippen LogP contribution in [0.3, 0.4) is 0 Å². The highest BCUT2D eigenvalue weighted by Crippen LogP contribution is 2.12. The summed E-state index contributed by atoms with van der Waals surface area (Å²) in [6.45, 7) is 6.94. The zero-order chi connectivity index (χ0) is 18.2. The van der Waals surface area contributed by atoms with E-state index >= 15 is 0 Å². The van der Waals surface area contributed by atoms with Gasteiger partial charge in [-0.25, -0.2) is 4.85 Å². The molecule has 2 heteroatoms. The standard InChI is InChI=1S/C24H12N2/c1-26-24-16-14-22(15-17-24)9-8-20-4-2-19(3-5-20)6-7-21-10-12-23(18-25)13-11-21/h2-5,10-17H. The Hall–Kier alpha value is -4.24. The second-order valence-electron chi connectivity index (χ2n) is 5.43. The van der Waals surface area contributed by atoms with Gasteiger partial charge in [0.1, 0.15) is 0 Å². The Kier molecular flexibility index (Phi) is 5.13. The SMILES string of the molecule is [C-]#[N+]c1ccc(C#Cc2ccc(C#Cc3ccc(C#N)cc3)cc2)cc1. The van der Waals surface area contributed by atoms with Gasteiger partial charge in [-0.05, 0) is 48.5 Å². The van der Waals surface area contributed by atoms with E-state index in [0.29, 0.717) is 11.3 Å². The van der Waals surface area contributed by atoms with Gasteiger partial charge in [0.05, 0.1) is 18.2 Å². The first-order valence-electron chi connectivity index (χ1n) is 7.88. The van der Waals surface area contributed by atoms with Crippen LogP contribution in [0.25, 0.3) is 4.85 Å². The van der Waals surface area contributed by atoms with Gasteiger partial charge in [0.25, 0.3) is 0 Å². The maximum absolute atomic E-state index is 8.79. The molecule has 0 fully saturated rings. The minimum absolute atomic E-state index is 0.612. The van der Waals surface area contributed by atoms with Crippen molar-refractivity contribution in [2.75, 3.05) is 0 Å². The lowest BCUT2D eigenvalue weighted by molar-refractivity contribution is 1.48. The van der Waals surface area contributed by atoms with Gasteiger partial charge in [-0.1, -0.05) is 47.9 Å². The summed E-state index contributed by atoms with van der Waals surface area (Å²) in [5.41, 5.74) is 4.80. The van der Waals surface area contributed by atoms with Crippen molar-refractivity contribution in [3.8, 4) is 29.8 Å². The molecule has 0 spiro atoms. The van der Waals surface area contributed by atoms with Crippen LogP contribution in [0, 0.1) is 41.6 Å². The van der Waals surface area contributed by atoms with E-state index in [1.807, 2.05) is 48.5 Å². The van der Waals surface area contributed by atoms with Crippen LogP contribution in [0.1, 0.15) is 27.8 Å². The first-order valence-corrected chi connectivity index (χ1v) is 7.88. The largest absolute Gasteiger partial charge is 0.238 e. The minimum atomic E-state index is 0.612. The van der Waals surface area contributed by atoms with Crippen molar-refractivity contribution in [1.82, 2.24) is 0 Å². The van der Waals surface area contributed by atoms with E-state index in [9.17, 15) is 0 Å². The van der Waals surface area contributed by atoms with Gasteiger partial charge in [0.2, 0.25) is 0 Å². The highest BCUT2D eigenvalue weighted by atomic mass is 14.6. The van der Waals surface area contributed by atoms with E-state index in [2.05, 4.69) is 34.6 Å².